The molecule has 1 saturated heterocycles. The summed E-state index contributed by atoms with van der Waals surface area (Å²) >= 11 is 0. The van der Waals surface area contributed by atoms with Gasteiger partial charge in [-0.15, -0.1) is 25.7 Å². The number of para-hydroxylation sites is 1. The largest absolute Gasteiger partial charge is 0.383 e. The van der Waals surface area contributed by atoms with Crippen molar-refractivity contribution in [3.8, 4) is 42.6 Å². The zero-order valence-electron chi connectivity index (χ0n) is 25.6. The number of methoxy groups -OCH3 is 1. The maximum Gasteiger partial charge on any atom is 0.320 e. The van der Waals surface area contributed by atoms with Crippen molar-refractivity contribution in [1.29, 1.82) is 0 Å². The second-order valence-electron chi connectivity index (χ2n) is 9.69. The Hall–Kier alpha value is -4.83. The van der Waals surface area contributed by atoms with E-state index >= 15 is 0 Å². The molecule has 9 nitrogen and oxygen atoms in total. The van der Waals surface area contributed by atoms with Gasteiger partial charge < -0.3 is 10.1 Å². The number of terminal acetylenes is 2. The zero-order valence-corrected chi connectivity index (χ0v) is 25.6. The van der Waals surface area contributed by atoms with E-state index in [9.17, 15) is 4.79 Å². The lowest BCUT2D eigenvalue weighted by atomic mass is 10.1. The summed E-state index contributed by atoms with van der Waals surface area (Å²) in [4.78, 5) is 15.2. The lowest BCUT2D eigenvalue weighted by Crippen LogP contribution is -2.40. The first-order chi connectivity index (χ1) is 21.0. The third kappa shape index (κ3) is 10.2. The molecule has 3 heterocycles. The summed E-state index contributed by atoms with van der Waals surface area (Å²) in [7, 11) is 3.58. The van der Waals surface area contributed by atoms with Crippen molar-refractivity contribution < 1.29 is 9.53 Å². The first kappa shape index (κ1) is 34.4. The van der Waals surface area contributed by atoms with Gasteiger partial charge in [-0.3, -0.25) is 14.9 Å². The summed E-state index contributed by atoms with van der Waals surface area (Å²) in [5, 5.41) is 15.2. The van der Waals surface area contributed by atoms with E-state index in [4.69, 9.17) is 9.84 Å². The number of nitrogens with zero attached hydrogens (tertiary/aromatic N) is 5. The van der Waals surface area contributed by atoms with Crippen LogP contribution in [0.4, 0.5) is 10.6 Å². The number of carbonyl (C=O) groups is 1. The fraction of sp³-hybridized carbons (Fsp3) is 0.324. The van der Waals surface area contributed by atoms with Crippen LogP contribution in [0.1, 0.15) is 24.5 Å². The topological polar surface area (TPSA) is 89.2 Å². The number of aryl methyl sites for hydroxylation is 2. The molecule has 1 atom stereocenters. The molecule has 0 spiro atoms. The number of carbonyl (C=O) groups excluding carboxylic acids is 1. The molecule has 1 aliphatic heterocycles. The molecule has 2 aromatic heterocycles. The highest BCUT2D eigenvalue weighted by atomic mass is 16.5. The Kier molecular flexibility index (Phi) is 14.8. The number of nitrogens with one attached hydrogen (secondary N) is 2. The lowest BCUT2D eigenvalue weighted by molar-refractivity contribution is 0.160. The number of anilines is 1. The molecule has 226 valence electrons. The van der Waals surface area contributed by atoms with E-state index in [-0.39, 0.29) is 12.1 Å². The van der Waals surface area contributed by atoms with Gasteiger partial charge in [0.1, 0.15) is 11.5 Å². The molecule has 0 bridgehead atoms. The monoisotopic (exact) mass is 581 g/mol. The van der Waals surface area contributed by atoms with Gasteiger partial charge >= 0.3 is 6.03 Å². The molecular weight excluding hydrogens is 538 g/mol. The minimum absolute atomic E-state index is 0.114. The van der Waals surface area contributed by atoms with Crippen LogP contribution >= 0.6 is 0 Å². The van der Waals surface area contributed by atoms with Crippen LogP contribution in [0.5, 0.6) is 0 Å². The Balaban J connectivity index is 0.000000456. The maximum absolute atomic E-state index is 12.9. The minimum atomic E-state index is -0.225. The molecule has 0 unspecified atom stereocenters. The zero-order chi connectivity index (χ0) is 31.6. The molecule has 4 aromatic rings. The van der Waals surface area contributed by atoms with Gasteiger partial charge in [0, 0.05) is 57.2 Å². The van der Waals surface area contributed by atoms with Crippen molar-refractivity contribution in [3.05, 3.63) is 84.2 Å². The molecule has 5 rings (SSSR count). The number of rotatable bonds is 8. The fourth-order valence-corrected chi connectivity index (χ4v) is 4.63. The normalized spacial score (nSPS) is 13.7. The number of aromatic nitrogens is 4. The molecule has 2 N–H and O–H groups in total. The van der Waals surface area contributed by atoms with Crippen LogP contribution in [-0.2, 0) is 18.2 Å². The second kappa shape index (κ2) is 18.6. The number of ether oxygens (including phenoxy) is 1. The summed E-state index contributed by atoms with van der Waals surface area (Å²) < 4.78 is 8.67. The van der Waals surface area contributed by atoms with Crippen LogP contribution in [0.25, 0.3) is 16.9 Å². The van der Waals surface area contributed by atoms with Crippen molar-refractivity contribution in [2.45, 2.75) is 32.7 Å². The van der Waals surface area contributed by atoms with E-state index in [0.717, 1.165) is 55.0 Å². The molecular formula is C34H43N7O2. The van der Waals surface area contributed by atoms with Gasteiger partial charge in [-0.05, 0) is 37.5 Å². The Bertz CT molecular complexity index is 1400. The highest BCUT2D eigenvalue weighted by molar-refractivity contribution is 5.91. The number of urea groups is 1. The predicted octanol–water partition coefficient (Wildman–Crippen LogP) is 5.17. The third-order valence-electron chi connectivity index (χ3n) is 6.80. The quantitative estimate of drug-likeness (QED) is 0.280. The van der Waals surface area contributed by atoms with Gasteiger partial charge in [-0.2, -0.15) is 10.2 Å². The molecule has 1 aliphatic rings. The van der Waals surface area contributed by atoms with Crippen LogP contribution < -0.4 is 10.6 Å². The van der Waals surface area contributed by atoms with Crippen molar-refractivity contribution in [2.24, 2.45) is 7.05 Å². The lowest BCUT2D eigenvalue weighted by Gasteiger charge is -2.17. The highest BCUT2D eigenvalue weighted by Gasteiger charge is 2.25. The van der Waals surface area contributed by atoms with E-state index in [1.54, 1.807) is 22.7 Å². The van der Waals surface area contributed by atoms with Crippen molar-refractivity contribution in [3.63, 3.8) is 0 Å². The van der Waals surface area contributed by atoms with E-state index < -0.39 is 0 Å². The number of hydrogen-bond acceptors (Lipinski definition) is 5. The molecule has 0 saturated carbocycles. The Morgan fingerprint density at radius 3 is 2.26 bits per heavy atom. The van der Waals surface area contributed by atoms with E-state index in [2.05, 4.69) is 77.5 Å². The SMILES string of the molecule is C#C.C#C.CCc1ccccc1.COCCN1CC[C@H](NC(=O)Nc2c(C)c(-c3cnn(C)c3)nn2-c2ccccc2)C1. The van der Waals surface area contributed by atoms with E-state index in [1.807, 2.05) is 56.6 Å². The Labute approximate surface area is 256 Å². The van der Waals surface area contributed by atoms with Crippen LogP contribution in [-0.4, -0.2) is 69.9 Å². The van der Waals surface area contributed by atoms with Crippen molar-refractivity contribution >= 4 is 11.8 Å². The van der Waals surface area contributed by atoms with E-state index in [1.165, 1.54) is 5.56 Å². The van der Waals surface area contributed by atoms with Crippen LogP contribution in [0.2, 0.25) is 0 Å². The number of likely N-dealkylation sites (tertiary alicyclic amines) is 1. The third-order valence-corrected chi connectivity index (χ3v) is 6.80. The summed E-state index contributed by atoms with van der Waals surface area (Å²) in [6.07, 6.45) is 21.8. The van der Waals surface area contributed by atoms with Crippen LogP contribution in [0, 0.1) is 32.6 Å². The first-order valence-electron chi connectivity index (χ1n) is 14.1. The van der Waals surface area contributed by atoms with Gasteiger partial charge in [0.25, 0.3) is 0 Å². The number of amides is 2. The fourth-order valence-electron chi connectivity index (χ4n) is 4.63. The van der Waals surface area contributed by atoms with Gasteiger partial charge in [0.15, 0.2) is 0 Å². The molecule has 0 radical (unpaired) electrons. The predicted molar refractivity (Wildman–Crippen MR) is 175 cm³/mol. The summed E-state index contributed by atoms with van der Waals surface area (Å²) in [6, 6.07) is 20.1. The smallest absolute Gasteiger partial charge is 0.320 e. The van der Waals surface area contributed by atoms with Crippen LogP contribution in [0.3, 0.4) is 0 Å². The molecule has 43 heavy (non-hydrogen) atoms. The van der Waals surface area contributed by atoms with Gasteiger partial charge in [0.2, 0.25) is 0 Å². The second-order valence-corrected chi connectivity index (χ2v) is 9.69. The highest BCUT2D eigenvalue weighted by Crippen LogP contribution is 2.30. The average molecular weight is 582 g/mol. The first-order valence-corrected chi connectivity index (χ1v) is 14.1. The summed E-state index contributed by atoms with van der Waals surface area (Å²) in [6.45, 7) is 7.49. The molecule has 1 fully saturated rings. The standard InChI is InChI=1S/C22H29N7O2.C8H10.2C2H2/c1-16-20(17-13-23-27(2)14-17)26-29(19-7-5-4-6-8-19)21(16)25-22(30)24-18-9-10-28(15-18)11-12-31-3;1-2-8-6-4-3-5-7-8;2*1-2/h4-8,13-14,18H,9-12,15H2,1-3H3,(H2,24,25,30);3-7H,2H2,1H3;2*1-2H/t18-;;;/m0.../s1. The molecule has 2 amide bonds. The summed E-state index contributed by atoms with van der Waals surface area (Å²) in [5.74, 6) is 0.650. The minimum Gasteiger partial charge on any atom is -0.383 e. The van der Waals surface area contributed by atoms with Crippen molar-refractivity contribution in [1.82, 2.24) is 29.8 Å². The number of hydrogen-bond donors (Lipinski definition) is 2. The molecule has 2 aromatic carbocycles. The maximum atomic E-state index is 12.9. The van der Waals surface area contributed by atoms with Gasteiger partial charge in [0.05, 0.1) is 18.5 Å². The number of benzene rings is 2. The molecule has 9 heteroatoms. The van der Waals surface area contributed by atoms with Crippen LogP contribution in [0.15, 0.2) is 73.1 Å². The van der Waals surface area contributed by atoms with Gasteiger partial charge in [-0.25, -0.2) is 9.48 Å². The van der Waals surface area contributed by atoms with Crippen molar-refractivity contribution in [2.75, 3.05) is 38.7 Å². The Morgan fingerprint density at radius 1 is 1.05 bits per heavy atom. The Morgan fingerprint density at radius 2 is 1.70 bits per heavy atom. The van der Waals surface area contributed by atoms with E-state index in [0.29, 0.717) is 12.4 Å². The van der Waals surface area contributed by atoms with Gasteiger partial charge in [-0.1, -0.05) is 55.5 Å². The summed E-state index contributed by atoms with van der Waals surface area (Å²) in [5.41, 5.74) is 4.87. The molecule has 0 aliphatic carbocycles. The average Bonchev–Trinajstić information content (AvgIpc) is 3.78.